The monoisotopic (exact) mass is 358 g/mol. The van der Waals surface area contributed by atoms with Crippen molar-refractivity contribution in [1.82, 2.24) is 10.1 Å². The molecule has 0 aliphatic carbocycles. The summed E-state index contributed by atoms with van der Waals surface area (Å²) in [5, 5.41) is 14.2. The van der Waals surface area contributed by atoms with E-state index >= 15 is 0 Å². The maximum absolute atomic E-state index is 9.85. The number of phenols is 1. The topological polar surface area (TPSA) is 59.2 Å². The minimum absolute atomic E-state index is 0.143. The number of hydrogen-bond donors (Lipinski definition) is 1. The standard InChI is InChI=1S/C12H11BrN2O2S2/c13-7-1-2-9(16)8(5-7)12-14-11(15-17-12)10-6-18-3-4-19-10/h1-2,5,10,16H,3-4,6H2. The summed E-state index contributed by atoms with van der Waals surface area (Å²) in [6, 6.07) is 5.15. The van der Waals surface area contributed by atoms with E-state index in [0.717, 1.165) is 16.0 Å². The molecule has 1 aromatic heterocycles. The zero-order chi connectivity index (χ0) is 13.2. The van der Waals surface area contributed by atoms with E-state index in [9.17, 15) is 5.11 Å². The van der Waals surface area contributed by atoms with Crippen molar-refractivity contribution in [3.8, 4) is 17.2 Å². The molecule has 0 bridgehead atoms. The number of phenolic OH excluding ortho intramolecular Hbond substituents is 1. The first-order valence-electron chi connectivity index (χ1n) is 5.76. The normalized spacial score (nSPS) is 19.5. The van der Waals surface area contributed by atoms with Crippen LogP contribution in [0.25, 0.3) is 11.5 Å². The van der Waals surface area contributed by atoms with Gasteiger partial charge in [0, 0.05) is 21.7 Å². The summed E-state index contributed by atoms with van der Waals surface area (Å²) in [6.07, 6.45) is 0. The molecule has 4 nitrogen and oxygen atoms in total. The third kappa shape index (κ3) is 2.93. The second-order valence-electron chi connectivity index (χ2n) is 4.05. The highest BCUT2D eigenvalue weighted by atomic mass is 79.9. The fraction of sp³-hybridized carbons (Fsp3) is 0.333. The number of aromatic hydroxyl groups is 1. The molecule has 1 atom stereocenters. The SMILES string of the molecule is Oc1ccc(Br)cc1-c1nc(C2CSCCS2)no1. The van der Waals surface area contributed by atoms with Crippen LogP contribution in [0, 0.1) is 0 Å². The summed E-state index contributed by atoms with van der Waals surface area (Å²) in [4.78, 5) is 4.41. The van der Waals surface area contributed by atoms with Crippen molar-refractivity contribution < 1.29 is 9.63 Å². The van der Waals surface area contributed by atoms with E-state index < -0.39 is 0 Å². The molecule has 3 rings (SSSR count). The lowest BCUT2D eigenvalue weighted by atomic mass is 10.2. The molecule has 1 aliphatic heterocycles. The van der Waals surface area contributed by atoms with Gasteiger partial charge < -0.3 is 9.63 Å². The maximum atomic E-state index is 9.85. The number of halogens is 1. The van der Waals surface area contributed by atoms with Crippen LogP contribution < -0.4 is 0 Å². The summed E-state index contributed by atoms with van der Waals surface area (Å²) >= 11 is 7.13. The van der Waals surface area contributed by atoms with Crippen molar-refractivity contribution in [2.45, 2.75) is 5.25 Å². The zero-order valence-electron chi connectivity index (χ0n) is 9.88. The van der Waals surface area contributed by atoms with Gasteiger partial charge in [0.2, 0.25) is 0 Å². The van der Waals surface area contributed by atoms with Crippen LogP contribution in [-0.4, -0.2) is 32.5 Å². The minimum Gasteiger partial charge on any atom is -0.507 e. The van der Waals surface area contributed by atoms with Gasteiger partial charge in [-0.15, -0.1) is 11.8 Å². The molecule has 7 heteroatoms. The van der Waals surface area contributed by atoms with Gasteiger partial charge in [0.1, 0.15) is 5.75 Å². The Balaban J connectivity index is 1.89. The molecule has 1 aliphatic rings. The molecule has 0 radical (unpaired) electrons. The predicted octanol–water partition coefficient (Wildman–Crippen LogP) is 3.73. The number of rotatable bonds is 2. The van der Waals surface area contributed by atoms with E-state index in [1.165, 1.54) is 5.75 Å². The largest absolute Gasteiger partial charge is 0.507 e. The van der Waals surface area contributed by atoms with Crippen molar-refractivity contribution >= 4 is 39.5 Å². The molecule has 2 heterocycles. The Morgan fingerprint density at radius 2 is 2.26 bits per heavy atom. The second-order valence-corrected chi connectivity index (χ2v) is 7.43. The van der Waals surface area contributed by atoms with Gasteiger partial charge in [-0.1, -0.05) is 21.1 Å². The number of nitrogens with zero attached hydrogens (tertiary/aromatic N) is 2. The molecule has 1 unspecified atom stereocenters. The number of thioether (sulfide) groups is 2. The number of aromatic nitrogens is 2. The highest BCUT2D eigenvalue weighted by Crippen LogP contribution is 2.37. The van der Waals surface area contributed by atoms with E-state index in [4.69, 9.17) is 4.52 Å². The van der Waals surface area contributed by atoms with Gasteiger partial charge in [-0.2, -0.15) is 16.7 Å². The van der Waals surface area contributed by atoms with Gasteiger partial charge >= 0.3 is 0 Å². The maximum Gasteiger partial charge on any atom is 0.261 e. The Labute approximate surface area is 127 Å². The van der Waals surface area contributed by atoms with Gasteiger partial charge in [-0.3, -0.25) is 0 Å². The molecular formula is C12H11BrN2O2S2. The Morgan fingerprint density at radius 1 is 1.37 bits per heavy atom. The van der Waals surface area contributed by atoms with E-state index in [2.05, 4.69) is 26.1 Å². The first kappa shape index (κ1) is 13.3. The van der Waals surface area contributed by atoms with Gasteiger partial charge in [0.15, 0.2) is 5.82 Å². The summed E-state index contributed by atoms with van der Waals surface area (Å²) in [7, 11) is 0. The molecule has 19 heavy (non-hydrogen) atoms. The zero-order valence-corrected chi connectivity index (χ0v) is 13.1. The van der Waals surface area contributed by atoms with E-state index in [1.807, 2.05) is 23.5 Å². The van der Waals surface area contributed by atoms with Crippen LogP contribution in [-0.2, 0) is 0 Å². The van der Waals surface area contributed by atoms with Gasteiger partial charge in [0.25, 0.3) is 5.89 Å². The molecule has 2 aromatic rings. The molecule has 0 saturated carbocycles. The molecule has 1 N–H and O–H groups in total. The Morgan fingerprint density at radius 3 is 3.05 bits per heavy atom. The lowest BCUT2D eigenvalue weighted by Gasteiger charge is -2.16. The van der Waals surface area contributed by atoms with E-state index in [1.54, 1.807) is 18.2 Å². The predicted molar refractivity (Wildman–Crippen MR) is 81.6 cm³/mol. The quantitative estimate of drug-likeness (QED) is 0.882. The van der Waals surface area contributed by atoms with Gasteiger partial charge in [-0.05, 0) is 18.2 Å². The summed E-state index contributed by atoms with van der Waals surface area (Å²) in [5.41, 5.74) is 0.557. The van der Waals surface area contributed by atoms with Crippen molar-refractivity contribution in [2.24, 2.45) is 0 Å². The Bertz CT molecular complexity index is 585. The van der Waals surface area contributed by atoms with Crippen LogP contribution in [0.15, 0.2) is 27.2 Å². The Kier molecular flexibility index (Phi) is 4.04. The summed E-state index contributed by atoms with van der Waals surface area (Å²) in [6.45, 7) is 0. The van der Waals surface area contributed by atoms with Crippen LogP contribution >= 0.6 is 39.5 Å². The fourth-order valence-electron chi connectivity index (χ4n) is 1.79. The smallest absolute Gasteiger partial charge is 0.261 e. The average Bonchev–Trinajstić information content (AvgIpc) is 2.92. The lowest BCUT2D eigenvalue weighted by molar-refractivity contribution is 0.418. The summed E-state index contributed by atoms with van der Waals surface area (Å²) < 4.78 is 6.14. The number of hydrogen-bond acceptors (Lipinski definition) is 6. The van der Waals surface area contributed by atoms with Crippen molar-refractivity contribution in [1.29, 1.82) is 0 Å². The average molecular weight is 359 g/mol. The molecule has 1 fully saturated rings. The summed E-state index contributed by atoms with van der Waals surface area (Å²) in [5.74, 6) is 4.52. The van der Waals surface area contributed by atoms with Crippen LogP contribution in [0.5, 0.6) is 5.75 Å². The van der Waals surface area contributed by atoms with Crippen molar-refractivity contribution in [3.63, 3.8) is 0 Å². The molecule has 100 valence electrons. The van der Waals surface area contributed by atoms with Crippen LogP contribution in [0.2, 0.25) is 0 Å². The van der Waals surface area contributed by atoms with Crippen molar-refractivity contribution in [2.75, 3.05) is 17.3 Å². The second kappa shape index (κ2) is 5.76. The first-order chi connectivity index (χ1) is 9.24. The highest BCUT2D eigenvalue weighted by molar-refractivity contribution is 9.10. The van der Waals surface area contributed by atoms with Crippen LogP contribution in [0.1, 0.15) is 11.1 Å². The van der Waals surface area contributed by atoms with Gasteiger partial charge in [0.05, 0.1) is 10.8 Å². The third-order valence-electron chi connectivity index (χ3n) is 2.73. The van der Waals surface area contributed by atoms with Gasteiger partial charge in [-0.25, -0.2) is 0 Å². The highest BCUT2D eigenvalue weighted by Gasteiger charge is 2.23. The molecule has 1 aromatic carbocycles. The molecule has 1 saturated heterocycles. The molecular weight excluding hydrogens is 348 g/mol. The van der Waals surface area contributed by atoms with Crippen molar-refractivity contribution in [3.05, 3.63) is 28.5 Å². The van der Waals surface area contributed by atoms with E-state index in [-0.39, 0.29) is 11.0 Å². The van der Waals surface area contributed by atoms with Crippen LogP contribution in [0.3, 0.4) is 0 Å². The van der Waals surface area contributed by atoms with E-state index in [0.29, 0.717) is 17.3 Å². The minimum atomic E-state index is 0.143. The molecule has 0 spiro atoms. The fourth-order valence-corrected chi connectivity index (χ4v) is 4.74. The lowest BCUT2D eigenvalue weighted by Crippen LogP contribution is -2.07. The first-order valence-corrected chi connectivity index (χ1v) is 8.75. The molecule has 0 amide bonds. The third-order valence-corrected chi connectivity index (χ3v) is 5.98. The number of benzene rings is 1. The Hall–Kier alpha value is -0.660. The van der Waals surface area contributed by atoms with Crippen LogP contribution in [0.4, 0.5) is 0 Å².